The van der Waals surface area contributed by atoms with Gasteiger partial charge in [-0.1, -0.05) is 49.3 Å². The lowest BCUT2D eigenvalue weighted by molar-refractivity contribution is 0.484. The molecule has 1 heteroatoms. The van der Waals surface area contributed by atoms with Crippen molar-refractivity contribution in [2.24, 2.45) is 5.92 Å². The first-order chi connectivity index (χ1) is 3.85. The molecule has 0 aromatic carbocycles. The Bertz CT molecular complexity index is 39.7. The van der Waals surface area contributed by atoms with E-state index in [-0.39, 0.29) is 0 Å². The van der Waals surface area contributed by atoms with E-state index >= 15 is 0 Å². The van der Waals surface area contributed by atoms with Crippen LogP contribution in [0.15, 0.2) is 0 Å². The molecule has 0 saturated carbocycles. The lowest BCUT2D eigenvalue weighted by atomic mass is 10.0. The molecule has 0 aromatic rings. The average molecular weight is 226 g/mol. The topological polar surface area (TPSA) is 0 Å². The molecule has 0 nitrogen and oxygen atoms in total. The van der Waals surface area contributed by atoms with Crippen molar-refractivity contribution in [1.82, 2.24) is 0 Å². The van der Waals surface area contributed by atoms with Crippen molar-refractivity contribution in [3.63, 3.8) is 0 Å². The maximum Gasteiger partial charge on any atom is -0.000210 e. The number of hydrogen-bond donors (Lipinski definition) is 0. The van der Waals surface area contributed by atoms with Gasteiger partial charge in [-0.05, 0) is 16.8 Å². The van der Waals surface area contributed by atoms with E-state index in [0.717, 1.165) is 5.92 Å². The Kier molecular flexibility index (Phi) is 6.39. The monoisotopic (exact) mass is 226 g/mol. The molecule has 0 bridgehead atoms. The number of rotatable bonds is 4. The average Bonchev–Trinajstić information content (AvgIpc) is 1.83. The molecule has 0 fully saturated rings. The van der Waals surface area contributed by atoms with E-state index in [2.05, 4.69) is 36.4 Å². The highest BCUT2D eigenvalue weighted by atomic mass is 127. The largest absolute Gasteiger partial charge is 0.0864 e. The third-order valence-corrected chi connectivity index (χ3v) is 2.29. The summed E-state index contributed by atoms with van der Waals surface area (Å²) in [5.41, 5.74) is 0. The summed E-state index contributed by atoms with van der Waals surface area (Å²) in [7, 11) is 0. The lowest BCUT2D eigenvalue weighted by Crippen LogP contribution is -1.95. The first kappa shape index (κ1) is 8.73. The van der Waals surface area contributed by atoms with Gasteiger partial charge in [0.15, 0.2) is 0 Å². The highest BCUT2D eigenvalue weighted by Crippen LogP contribution is 2.12. The van der Waals surface area contributed by atoms with Crippen LogP contribution < -0.4 is 0 Å². The first-order valence-electron chi connectivity index (χ1n) is 3.41. The molecule has 0 aromatic heterocycles. The summed E-state index contributed by atoms with van der Waals surface area (Å²) in [6, 6.07) is 0. The van der Waals surface area contributed by atoms with E-state index in [1.807, 2.05) is 0 Å². The zero-order chi connectivity index (χ0) is 6.41. The molecule has 0 atom stereocenters. The third-order valence-electron chi connectivity index (χ3n) is 1.67. The van der Waals surface area contributed by atoms with E-state index in [9.17, 15) is 0 Å². The second kappa shape index (κ2) is 5.86. The van der Waals surface area contributed by atoms with E-state index in [1.54, 1.807) is 0 Å². The van der Waals surface area contributed by atoms with Crippen LogP contribution in [0.25, 0.3) is 0 Å². The van der Waals surface area contributed by atoms with Gasteiger partial charge in [-0.2, -0.15) is 0 Å². The Labute approximate surface area is 66.2 Å². The lowest BCUT2D eigenvalue weighted by Gasteiger charge is -2.07. The van der Waals surface area contributed by atoms with Gasteiger partial charge in [0, 0.05) is 0 Å². The van der Waals surface area contributed by atoms with Gasteiger partial charge in [-0.3, -0.25) is 0 Å². The van der Waals surface area contributed by atoms with Crippen LogP contribution in [-0.2, 0) is 0 Å². The molecule has 0 spiro atoms. The van der Waals surface area contributed by atoms with Crippen LogP contribution in [-0.4, -0.2) is 4.43 Å². The van der Waals surface area contributed by atoms with Crippen molar-refractivity contribution in [2.75, 3.05) is 4.43 Å². The second-order valence-corrected chi connectivity index (χ2v) is 3.24. The Morgan fingerprint density at radius 3 is 1.88 bits per heavy atom. The van der Waals surface area contributed by atoms with Gasteiger partial charge in [-0.25, -0.2) is 0 Å². The van der Waals surface area contributed by atoms with Gasteiger partial charge in [0.25, 0.3) is 0 Å². The molecular formula is C7H15I. The van der Waals surface area contributed by atoms with Crippen LogP contribution in [0.1, 0.15) is 33.1 Å². The minimum atomic E-state index is 0.992. The van der Waals surface area contributed by atoms with Gasteiger partial charge >= 0.3 is 0 Å². The van der Waals surface area contributed by atoms with Gasteiger partial charge in [-0.15, -0.1) is 0 Å². The highest BCUT2D eigenvalue weighted by Gasteiger charge is 1.99. The van der Waals surface area contributed by atoms with Crippen molar-refractivity contribution < 1.29 is 0 Å². The fraction of sp³-hybridized carbons (Fsp3) is 1.00. The van der Waals surface area contributed by atoms with Gasteiger partial charge in [0.1, 0.15) is 0 Å². The Hall–Kier alpha value is 0.730. The molecule has 0 radical (unpaired) electrons. The fourth-order valence-electron chi connectivity index (χ4n) is 0.851. The molecule has 0 aliphatic carbocycles. The van der Waals surface area contributed by atoms with Crippen LogP contribution >= 0.6 is 22.6 Å². The molecule has 0 aliphatic rings. The smallest absolute Gasteiger partial charge is 0.000210 e. The minimum absolute atomic E-state index is 0.992. The molecular weight excluding hydrogens is 211 g/mol. The zero-order valence-corrected chi connectivity index (χ0v) is 7.94. The molecule has 8 heavy (non-hydrogen) atoms. The van der Waals surface area contributed by atoms with Crippen molar-refractivity contribution in [3.05, 3.63) is 0 Å². The van der Waals surface area contributed by atoms with E-state index in [4.69, 9.17) is 0 Å². The normalized spacial score (nSPS) is 10.5. The van der Waals surface area contributed by atoms with Crippen molar-refractivity contribution in [2.45, 2.75) is 33.1 Å². The maximum absolute atomic E-state index is 2.45. The summed E-state index contributed by atoms with van der Waals surface area (Å²) >= 11 is 2.45. The Balaban J connectivity index is 3.07. The molecule has 0 N–H and O–H groups in total. The predicted molar refractivity (Wildman–Crippen MR) is 47.6 cm³/mol. The molecule has 50 valence electrons. The van der Waals surface area contributed by atoms with E-state index in [1.165, 1.54) is 23.7 Å². The number of alkyl halides is 1. The summed E-state index contributed by atoms with van der Waals surface area (Å²) in [6.07, 6.45) is 4.13. The van der Waals surface area contributed by atoms with Gasteiger partial charge in [0.2, 0.25) is 0 Å². The maximum atomic E-state index is 2.45. The standard InChI is InChI=1S/C7H15I/c1-3-7(4-2)5-6-8/h7H,3-6H2,1-2H3. The number of halogens is 1. The van der Waals surface area contributed by atoms with Crippen LogP contribution in [0.3, 0.4) is 0 Å². The molecule has 0 rings (SSSR count). The predicted octanol–water partition coefficient (Wildman–Crippen LogP) is 3.25. The van der Waals surface area contributed by atoms with Crippen molar-refractivity contribution in [1.29, 1.82) is 0 Å². The minimum Gasteiger partial charge on any atom is -0.0864 e. The van der Waals surface area contributed by atoms with E-state index in [0.29, 0.717) is 0 Å². The quantitative estimate of drug-likeness (QED) is 0.509. The number of hydrogen-bond acceptors (Lipinski definition) is 0. The first-order valence-corrected chi connectivity index (χ1v) is 4.93. The van der Waals surface area contributed by atoms with Crippen molar-refractivity contribution >= 4 is 22.6 Å². The SMILES string of the molecule is CCC(CC)CCI. The van der Waals surface area contributed by atoms with Gasteiger partial charge in [0.05, 0.1) is 0 Å². The molecule has 0 unspecified atom stereocenters. The summed E-state index contributed by atoms with van der Waals surface area (Å²) in [5.74, 6) is 0.992. The molecule has 0 amide bonds. The third kappa shape index (κ3) is 3.70. The molecule has 0 heterocycles. The summed E-state index contributed by atoms with van der Waals surface area (Å²) in [5, 5.41) is 0. The zero-order valence-electron chi connectivity index (χ0n) is 5.78. The van der Waals surface area contributed by atoms with Gasteiger partial charge < -0.3 is 0 Å². The van der Waals surface area contributed by atoms with Crippen LogP contribution in [0, 0.1) is 5.92 Å². The molecule has 0 saturated heterocycles. The summed E-state index contributed by atoms with van der Waals surface area (Å²) < 4.78 is 1.32. The van der Waals surface area contributed by atoms with Crippen molar-refractivity contribution in [3.8, 4) is 0 Å². The van der Waals surface area contributed by atoms with Crippen LogP contribution in [0.5, 0.6) is 0 Å². The van der Waals surface area contributed by atoms with Crippen LogP contribution in [0.2, 0.25) is 0 Å². The van der Waals surface area contributed by atoms with E-state index < -0.39 is 0 Å². The fourth-order valence-corrected chi connectivity index (χ4v) is 1.73. The Morgan fingerprint density at radius 1 is 1.25 bits per heavy atom. The summed E-state index contributed by atoms with van der Waals surface area (Å²) in [6.45, 7) is 4.56. The molecule has 0 aliphatic heterocycles. The Morgan fingerprint density at radius 2 is 1.75 bits per heavy atom. The summed E-state index contributed by atoms with van der Waals surface area (Å²) in [4.78, 5) is 0. The van der Waals surface area contributed by atoms with Crippen LogP contribution in [0.4, 0.5) is 0 Å². The second-order valence-electron chi connectivity index (χ2n) is 2.16. The highest BCUT2D eigenvalue weighted by molar-refractivity contribution is 14.1.